The number of alkyl halides is 9. The van der Waals surface area contributed by atoms with Crippen LogP contribution in [0.3, 0.4) is 0 Å². The van der Waals surface area contributed by atoms with Crippen LogP contribution in [0.2, 0.25) is 0 Å². The highest BCUT2D eigenvalue weighted by atomic mass is 19.4. The van der Waals surface area contributed by atoms with Crippen LogP contribution in [0, 0.1) is 0 Å². The maximum atomic E-state index is 12.8. The van der Waals surface area contributed by atoms with Crippen molar-refractivity contribution in [3.05, 3.63) is 0 Å². The van der Waals surface area contributed by atoms with Gasteiger partial charge in [-0.3, -0.25) is 4.90 Å². The standard InChI is InChI=1S/C13H16F9NO2/c14-11(15,16)10(12(17,18)19,13(20,21)22)25-6-8-2-4-9(7-24)3-1-5-23(8)9/h8,24H,1-7H2/t8-,9-/m0/s1. The lowest BCUT2D eigenvalue weighted by molar-refractivity contribution is -0.458. The summed E-state index contributed by atoms with van der Waals surface area (Å²) >= 11 is 0. The Labute approximate surface area is 136 Å². The van der Waals surface area contributed by atoms with Gasteiger partial charge in [0.2, 0.25) is 0 Å². The summed E-state index contributed by atoms with van der Waals surface area (Å²) in [5.74, 6) is 0. The molecule has 1 N–H and O–H groups in total. The van der Waals surface area contributed by atoms with Gasteiger partial charge in [-0.1, -0.05) is 0 Å². The summed E-state index contributed by atoms with van der Waals surface area (Å²) in [4.78, 5) is 1.46. The van der Waals surface area contributed by atoms with E-state index in [0.717, 1.165) is 0 Å². The summed E-state index contributed by atoms with van der Waals surface area (Å²) in [5.41, 5.74) is -7.04. The molecule has 2 aliphatic heterocycles. The fourth-order valence-corrected chi connectivity index (χ4v) is 3.76. The molecular formula is C13H16F9NO2. The molecule has 0 aliphatic carbocycles. The third-order valence-electron chi connectivity index (χ3n) is 5.02. The summed E-state index contributed by atoms with van der Waals surface area (Å²) in [7, 11) is 0. The van der Waals surface area contributed by atoms with Gasteiger partial charge in [0.15, 0.2) is 0 Å². The van der Waals surface area contributed by atoms with Crippen LogP contribution in [0.5, 0.6) is 0 Å². The molecule has 12 heteroatoms. The molecule has 0 aromatic rings. The minimum Gasteiger partial charge on any atom is -0.394 e. The van der Waals surface area contributed by atoms with Crippen LogP contribution in [-0.2, 0) is 4.74 Å². The highest BCUT2D eigenvalue weighted by molar-refractivity contribution is 5.06. The van der Waals surface area contributed by atoms with Crippen LogP contribution >= 0.6 is 0 Å². The van der Waals surface area contributed by atoms with Gasteiger partial charge in [-0.2, -0.15) is 39.5 Å². The maximum Gasteiger partial charge on any atom is 0.435 e. The topological polar surface area (TPSA) is 32.7 Å². The number of nitrogens with zero attached hydrogens (tertiary/aromatic N) is 1. The molecule has 2 heterocycles. The molecule has 2 saturated heterocycles. The van der Waals surface area contributed by atoms with E-state index in [4.69, 9.17) is 0 Å². The van der Waals surface area contributed by atoms with Crippen molar-refractivity contribution in [2.24, 2.45) is 0 Å². The van der Waals surface area contributed by atoms with E-state index < -0.39 is 42.3 Å². The van der Waals surface area contributed by atoms with Crippen LogP contribution in [-0.4, -0.2) is 65.5 Å². The molecule has 3 nitrogen and oxygen atoms in total. The van der Waals surface area contributed by atoms with Gasteiger partial charge in [-0.05, 0) is 32.2 Å². The molecule has 0 amide bonds. The Kier molecular flexibility index (Phi) is 5.06. The number of aliphatic hydroxyl groups is 1. The Morgan fingerprint density at radius 1 is 0.920 bits per heavy atom. The SMILES string of the molecule is OC[C@@]12CCCN1[C@H](COC(C(F)(F)F)(C(F)(F)F)C(F)(F)F)CC2. The second kappa shape index (κ2) is 6.15. The van der Waals surface area contributed by atoms with Gasteiger partial charge in [0.1, 0.15) is 0 Å². The minimum atomic E-state index is -6.72. The molecule has 2 atom stereocenters. The van der Waals surface area contributed by atoms with Gasteiger partial charge >= 0.3 is 24.1 Å². The quantitative estimate of drug-likeness (QED) is 0.748. The normalized spacial score (nSPS) is 29.3. The molecule has 0 unspecified atom stereocenters. The van der Waals surface area contributed by atoms with Gasteiger partial charge < -0.3 is 9.84 Å². The number of fused-ring (bicyclic) bond motifs is 1. The van der Waals surface area contributed by atoms with E-state index in [1.165, 1.54) is 4.90 Å². The van der Waals surface area contributed by atoms with E-state index in [-0.39, 0.29) is 26.0 Å². The lowest BCUT2D eigenvalue weighted by Gasteiger charge is -2.40. The third kappa shape index (κ3) is 3.09. The molecule has 0 saturated carbocycles. The Hall–Kier alpha value is -0.750. The molecule has 148 valence electrons. The first-order chi connectivity index (χ1) is 11.2. The van der Waals surface area contributed by atoms with E-state index in [1.807, 2.05) is 0 Å². The van der Waals surface area contributed by atoms with Gasteiger partial charge in [-0.15, -0.1) is 0 Å². The molecule has 0 bridgehead atoms. The van der Waals surface area contributed by atoms with Crippen LogP contribution in [0.15, 0.2) is 0 Å². The van der Waals surface area contributed by atoms with E-state index in [1.54, 1.807) is 0 Å². The number of ether oxygens (including phenoxy) is 1. The minimum absolute atomic E-state index is 0.0458. The van der Waals surface area contributed by atoms with Gasteiger partial charge in [0, 0.05) is 11.6 Å². The first kappa shape index (κ1) is 20.6. The van der Waals surface area contributed by atoms with Crippen molar-refractivity contribution in [2.75, 3.05) is 19.8 Å². The number of hydrogen-bond acceptors (Lipinski definition) is 3. The van der Waals surface area contributed by atoms with E-state index in [2.05, 4.69) is 4.74 Å². The lowest BCUT2D eigenvalue weighted by atomic mass is 9.95. The largest absolute Gasteiger partial charge is 0.435 e. The monoisotopic (exact) mass is 389 g/mol. The molecule has 25 heavy (non-hydrogen) atoms. The number of halogens is 9. The van der Waals surface area contributed by atoms with E-state index >= 15 is 0 Å². The van der Waals surface area contributed by atoms with E-state index in [0.29, 0.717) is 12.8 Å². The lowest BCUT2D eigenvalue weighted by Crippen LogP contribution is -2.68. The van der Waals surface area contributed by atoms with Crippen LogP contribution in [0.4, 0.5) is 39.5 Å². The van der Waals surface area contributed by atoms with Crippen molar-refractivity contribution < 1.29 is 49.4 Å². The Bertz CT molecular complexity index is 451. The zero-order valence-corrected chi connectivity index (χ0v) is 12.7. The number of aliphatic hydroxyl groups excluding tert-OH is 1. The summed E-state index contributed by atoms with van der Waals surface area (Å²) in [5, 5.41) is 9.44. The average molecular weight is 389 g/mol. The zero-order valence-electron chi connectivity index (χ0n) is 12.7. The summed E-state index contributed by atoms with van der Waals surface area (Å²) in [6, 6.07) is -1.05. The van der Waals surface area contributed by atoms with Gasteiger partial charge in [0.25, 0.3) is 0 Å². The predicted molar refractivity (Wildman–Crippen MR) is 65.6 cm³/mol. The molecule has 2 rings (SSSR count). The molecular weight excluding hydrogens is 373 g/mol. The highest BCUT2D eigenvalue weighted by Crippen LogP contribution is 2.55. The molecule has 0 radical (unpaired) electrons. The molecule has 2 aliphatic rings. The Morgan fingerprint density at radius 3 is 1.88 bits per heavy atom. The van der Waals surface area contributed by atoms with Crippen molar-refractivity contribution in [3.63, 3.8) is 0 Å². The van der Waals surface area contributed by atoms with Crippen LogP contribution in [0.25, 0.3) is 0 Å². The fraction of sp³-hybridized carbons (Fsp3) is 1.00. The van der Waals surface area contributed by atoms with Crippen molar-refractivity contribution in [2.45, 2.75) is 61.4 Å². The highest BCUT2D eigenvalue weighted by Gasteiger charge is 2.85. The third-order valence-corrected chi connectivity index (χ3v) is 5.02. The second-order valence-corrected chi connectivity index (χ2v) is 6.36. The number of hydrogen-bond donors (Lipinski definition) is 1. The van der Waals surface area contributed by atoms with Gasteiger partial charge in [0.05, 0.1) is 13.2 Å². The second-order valence-electron chi connectivity index (χ2n) is 6.36. The smallest absolute Gasteiger partial charge is 0.394 e. The molecule has 0 aromatic heterocycles. The average Bonchev–Trinajstić information content (AvgIpc) is 2.94. The first-order valence-corrected chi connectivity index (χ1v) is 7.44. The van der Waals surface area contributed by atoms with Gasteiger partial charge in [-0.25, -0.2) is 0 Å². The van der Waals surface area contributed by atoms with Crippen molar-refractivity contribution >= 4 is 0 Å². The maximum absolute atomic E-state index is 12.8. The molecule has 2 fully saturated rings. The summed E-state index contributed by atoms with van der Waals surface area (Å²) in [6.07, 6.45) is -18.8. The summed E-state index contributed by atoms with van der Waals surface area (Å²) in [6.45, 7) is -1.49. The van der Waals surface area contributed by atoms with Crippen LogP contribution in [0.1, 0.15) is 25.7 Å². The van der Waals surface area contributed by atoms with Crippen molar-refractivity contribution in [3.8, 4) is 0 Å². The predicted octanol–water partition coefficient (Wildman–Crippen LogP) is 3.42. The Morgan fingerprint density at radius 2 is 1.44 bits per heavy atom. The summed E-state index contributed by atoms with van der Waals surface area (Å²) < 4.78 is 119. The number of rotatable bonds is 4. The molecule has 0 aromatic carbocycles. The molecule has 0 spiro atoms. The van der Waals surface area contributed by atoms with Crippen LogP contribution < -0.4 is 0 Å². The fourth-order valence-electron chi connectivity index (χ4n) is 3.76. The van der Waals surface area contributed by atoms with Crippen molar-refractivity contribution in [1.82, 2.24) is 4.90 Å². The Balaban J connectivity index is 2.28. The van der Waals surface area contributed by atoms with Crippen molar-refractivity contribution in [1.29, 1.82) is 0 Å². The van der Waals surface area contributed by atoms with E-state index in [9.17, 15) is 44.6 Å². The first-order valence-electron chi connectivity index (χ1n) is 7.44. The zero-order chi connectivity index (χ0) is 19.3.